The maximum atomic E-state index is 12.9. The van der Waals surface area contributed by atoms with Crippen molar-refractivity contribution >= 4 is 5.91 Å². The fraction of sp³-hybridized carbons (Fsp3) is 0.696. The molecule has 164 valence electrons. The van der Waals surface area contributed by atoms with E-state index in [0.29, 0.717) is 32.0 Å². The first kappa shape index (κ1) is 20.1. The van der Waals surface area contributed by atoms with Crippen LogP contribution in [0.5, 0.6) is 11.5 Å². The SMILES string of the molecule is O=C([C@H]1CCCN(C2CCN(Cc3ccc4c(c3)OCO4)CC2)C1)N1CCOCC1. The monoisotopic (exact) mass is 415 g/mol. The molecule has 4 aliphatic rings. The van der Waals surface area contributed by atoms with Crippen LogP contribution in [0.1, 0.15) is 31.2 Å². The smallest absolute Gasteiger partial charge is 0.231 e. The second-order valence-corrected chi connectivity index (χ2v) is 8.97. The number of rotatable bonds is 4. The Kier molecular flexibility index (Phi) is 6.11. The highest BCUT2D eigenvalue weighted by Crippen LogP contribution is 2.33. The standard InChI is InChI=1S/C23H33N3O4/c27-23(25-10-12-28-13-11-25)19-2-1-7-26(16-19)20-5-8-24(9-6-20)15-18-3-4-21-22(14-18)30-17-29-21/h3-4,14,19-20H,1-2,5-13,15-17H2/t19-/m0/s1. The van der Waals surface area contributed by atoms with E-state index in [1.165, 1.54) is 18.4 Å². The molecule has 0 saturated carbocycles. The summed E-state index contributed by atoms with van der Waals surface area (Å²) in [5.74, 6) is 2.24. The molecule has 7 nitrogen and oxygen atoms in total. The number of ether oxygens (including phenoxy) is 3. The first-order valence-electron chi connectivity index (χ1n) is 11.5. The molecule has 4 heterocycles. The van der Waals surface area contributed by atoms with E-state index < -0.39 is 0 Å². The van der Waals surface area contributed by atoms with E-state index in [-0.39, 0.29) is 5.92 Å². The van der Waals surface area contributed by atoms with Gasteiger partial charge >= 0.3 is 0 Å². The van der Waals surface area contributed by atoms with Gasteiger partial charge in [0.05, 0.1) is 19.1 Å². The fourth-order valence-corrected chi connectivity index (χ4v) is 5.32. The highest BCUT2D eigenvalue weighted by molar-refractivity contribution is 5.79. The van der Waals surface area contributed by atoms with Crippen molar-refractivity contribution in [1.82, 2.24) is 14.7 Å². The topological polar surface area (TPSA) is 54.5 Å². The zero-order chi connectivity index (χ0) is 20.3. The summed E-state index contributed by atoms with van der Waals surface area (Å²) in [6, 6.07) is 6.88. The summed E-state index contributed by atoms with van der Waals surface area (Å²) in [7, 11) is 0. The number of fused-ring (bicyclic) bond motifs is 1. The van der Waals surface area contributed by atoms with Crippen molar-refractivity contribution in [2.75, 3.05) is 59.3 Å². The van der Waals surface area contributed by atoms with Gasteiger partial charge in [-0.1, -0.05) is 6.07 Å². The van der Waals surface area contributed by atoms with E-state index in [1.807, 2.05) is 11.0 Å². The summed E-state index contributed by atoms with van der Waals surface area (Å²) in [6.45, 7) is 8.46. The Morgan fingerprint density at radius 3 is 2.60 bits per heavy atom. The van der Waals surface area contributed by atoms with Gasteiger partial charge in [0, 0.05) is 32.2 Å². The average molecular weight is 416 g/mol. The van der Waals surface area contributed by atoms with Gasteiger partial charge in [-0.3, -0.25) is 14.6 Å². The Hall–Kier alpha value is -1.83. The van der Waals surface area contributed by atoms with E-state index in [2.05, 4.69) is 21.9 Å². The van der Waals surface area contributed by atoms with Crippen molar-refractivity contribution in [2.45, 2.75) is 38.3 Å². The number of likely N-dealkylation sites (tertiary alicyclic amines) is 2. The first-order valence-corrected chi connectivity index (χ1v) is 11.5. The van der Waals surface area contributed by atoms with Gasteiger partial charge < -0.3 is 19.1 Å². The molecule has 1 aromatic carbocycles. The normalized spacial score (nSPS) is 26.1. The molecule has 7 heteroatoms. The van der Waals surface area contributed by atoms with Crippen LogP contribution in [0.3, 0.4) is 0 Å². The van der Waals surface area contributed by atoms with E-state index in [4.69, 9.17) is 14.2 Å². The number of carbonyl (C=O) groups excluding carboxylic acids is 1. The molecule has 0 bridgehead atoms. The van der Waals surface area contributed by atoms with Gasteiger partial charge in [-0.05, 0) is 63.0 Å². The zero-order valence-electron chi connectivity index (χ0n) is 17.8. The summed E-state index contributed by atoms with van der Waals surface area (Å²) >= 11 is 0. The van der Waals surface area contributed by atoms with Gasteiger partial charge in [0.1, 0.15) is 0 Å². The third-order valence-corrected chi connectivity index (χ3v) is 7.04. The van der Waals surface area contributed by atoms with Gasteiger partial charge in [0.15, 0.2) is 11.5 Å². The quantitative estimate of drug-likeness (QED) is 0.749. The largest absolute Gasteiger partial charge is 0.454 e. The van der Waals surface area contributed by atoms with Crippen molar-refractivity contribution in [3.05, 3.63) is 23.8 Å². The van der Waals surface area contributed by atoms with Gasteiger partial charge in [-0.25, -0.2) is 0 Å². The number of hydrogen-bond donors (Lipinski definition) is 0. The lowest BCUT2D eigenvalue weighted by Gasteiger charge is -2.43. The van der Waals surface area contributed by atoms with Crippen LogP contribution >= 0.6 is 0 Å². The Morgan fingerprint density at radius 2 is 1.77 bits per heavy atom. The third kappa shape index (κ3) is 4.43. The number of carbonyl (C=O) groups is 1. The Labute approximate surface area is 178 Å². The van der Waals surface area contributed by atoms with Crippen LogP contribution in [0, 0.1) is 5.92 Å². The number of amides is 1. The minimum absolute atomic E-state index is 0.170. The predicted octanol–water partition coefficient (Wildman–Crippen LogP) is 1.95. The van der Waals surface area contributed by atoms with Crippen LogP contribution in [0.2, 0.25) is 0 Å². The Morgan fingerprint density at radius 1 is 0.967 bits per heavy atom. The molecule has 0 spiro atoms. The number of morpholine rings is 1. The lowest BCUT2D eigenvalue weighted by molar-refractivity contribution is -0.142. The summed E-state index contributed by atoms with van der Waals surface area (Å²) < 4.78 is 16.3. The molecule has 3 saturated heterocycles. The summed E-state index contributed by atoms with van der Waals surface area (Å²) in [4.78, 5) is 20.1. The molecule has 1 aromatic rings. The molecular formula is C23H33N3O4. The van der Waals surface area contributed by atoms with E-state index in [1.54, 1.807) is 0 Å². The number of nitrogens with zero attached hydrogens (tertiary/aromatic N) is 3. The molecule has 0 N–H and O–H groups in total. The first-order chi connectivity index (χ1) is 14.8. The van der Waals surface area contributed by atoms with Crippen LogP contribution in [0.4, 0.5) is 0 Å². The Bertz CT molecular complexity index is 744. The molecule has 0 unspecified atom stereocenters. The molecular weight excluding hydrogens is 382 g/mol. The maximum Gasteiger partial charge on any atom is 0.231 e. The maximum absolute atomic E-state index is 12.9. The van der Waals surface area contributed by atoms with E-state index in [0.717, 1.165) is 70.2 Å². The van der Waals surface area contributed by atoms with Gasteiger partial charge in [-0.15, -0.1) is 0 Å². The van der Waals surface area contributed by atoms with Gasteiger partial charge in [0.25, 0.3) is 0 Å². The minimum atomic E-state index is 0.170. The predicted molar refractivity (Wildman–Crippen MR) is 113 cm³/mol. The number of benzene rings is 1. The molecule has 0 aromatic heterocycles. The highest BCUT2D eigenvalue weighted by atomic mass is 16.7. The highest BCUT2D eigenvalue weighted by Gasteiger charge is 2.34. The second kappa shape index (κ2) is 9.12. The van der Waals surface area contributed by atoms with Gasteiger partial charge in [0.2, 0.25) is 12.7 Å². The summed E-state index contributed by atoms with van der Waals surface area (Å²) in [5, 5.41) is 0. The second-order valence-electron chi connectivity index (χ2n) is 8.97. The van der Waals surface area contributed by atoms with Crippen molar-refractivity contribution in [3.63, 3.8) is 0 Å². The molecule has 5 rings (SSSR count). The van der Waals surface area contributed by atoms with Crippen LogP contribution in [0.15, 0.2) is 18.2 Å². The molecule has 1 amide bonds. The summed E-state index contributed by atoms with van der Waals surface area (Å²) in [6.07, 6.45) is 4.54. The zero-order valence-corrected chi connectivity index (χ0v) is 17.8. The lowest BCUT2D eigenvalue weighted by atomic mass is 9.92. The van der Waals surface area contributed by atoms with Crippen molar-refractivity contribution in [2.24, 2.45) is 5.92 Å². The lowest BCUT2D eigenvalue weighted by Crippen LogP contribution is -2.52. The molecule has 3 fully saturated rings. The number of piperidine rings is 2. The van der Waals surface area contributed by atoms with Gasteiger partial charge in [-0.2, -0.15) is 0 Å². The molecule has 0 radical (unpaired) electrons. The van der Waals surface area contributed by atoms with Crippen LogP contribution in [-0.2, 0) is 16.1 Å². The molecule has 4 aliphatic heterocycles. The fourth-order valence-electron chi connectivity index (χ4n) is 5.32. The van der Waals surface area contributed by atoms with Crippen LogP contribution < -0.4 is 9.47 Å². The van der Waals surface area contributed by atoms with Crippen molar-refractivity contribution < 1.29 is 19.0 Å². The minimum Gasteiger partial charge on any atom is -0.454 e. The molecule has 0 aliphatic carbocycles. The van der Waals surface area contributed by atoms with E-state index >= 15 is 0 Å². The van der Waals surface area contributed by atoms with Crippen LogP contribution in [0.25, 0.3) is 0 Å². The average Bonchev–Trinajstić information content (AvgIpc) is 3.28. The van der Waals surface area contributed by atoms with Crippen LogP contribution in [-0.4, -0.2) is 85.9 Å². The number of hydrogen-bond acceptors (Lipinski definition) is 6. The molecule has 1 atom stereocenters. The third-order valence-electron chi connectivity index (χ3n) is 7.04. The van der Waals surface area contributed by atoms with E-state index in [9.17, 15) is 4.79 Å². The summed E-state index contributed by atoms with van der Waals surface area (Å²) in [5.41, 5.74) is 1.28. The van der Waals surface area contributed by atoms with Crippen molar-refractivity contribution in [1.29, 1.82) is 0 Å². The van der Waals surface area contributed by atoms with Crippen molar-refractivity contribution in [3.8, 4) is 11.5 Å². The molecule has 30 heavy (non-hydrogen) atoms. The Balaban J connectivity index is 1.11.